The topological polar surface area (TPSA) is 52.9 Å². The molecule has 3 aliphatic carbocycles. The summed E-state index contributed by atoms with van der Waals surface area (Å²) in [5.74, 6) is 2.15. The molecule has 1 unspecified atom stereocenters. The molecule has 32 heavy (non-hydrogen) atoms. The average molecular weight is 444 g/mol. The van der Waals surface area contributed by atoms with Crippen LogP contribution in [0.2, 0.25) is 0 Å². The van der Waals surface area contributed by atoms with E-state index in [9.17, 15) is 10.2 Å². The van der Waals surface area contributed by atoms with E-state index in [1.54, 1.807) is 5.57 Å². The molecule has 4 rings (SSSR count). The lowest BCUT2D eigenvalue weighted by Gasteiger charge is -2.46. The Kier molecular flexibility index (Phi) is 7.36. The van der Waals surface area contributed by atoms with Crippen LogP contribution in [-0.4, -0.2) is 59.2 Å². The van der Waals surface area contributed by atoms with Gasteiger partial charge in [0, 0.05) is 19.1 Å². The highest BCUT2D eigenvalue weighted by Gasteiger charge is 2.51. The summed E-state index contributed by atoms with van der Waals surface area (Å²) in [6, 6.07) is 0.518. The van der Waals surface area contributed by atoms with E-state index < -0.39 is 12.2 Å². The molecule has 0 aromatic rings. The van der Waals surface area contributed by atoms with Gasteiger partial charge in [0.2, 0.25) is 0 Å². The minimum atomic E-state index is -0.609. The van der Waals surface area contributed by atoms with Crippen molar-refractivity contribution in [2.24, 2.45) is 23.2 Å². The van der Waals surface area contributed by atoms with Crippen molar-refractivity contribution in [1.82, 2.24) is 4.90 Å². The first kappa shape index (κ1) is 24.2. The van der Waals surface area contributed by atoms with Gasteiger partial charge in [0.25, 0.3) is 0 Å². The minimum absolute atomic E-state index is 0.344. The molecule has 0 amide bonds. The Balaban J connectivity index is 1.45. The minimum Gasteiger partial charge on any atom is -0.388 e. The van der Waals surface area contributed by atoms with Crippen molar-refractivity contribution in [2.45, 2.75) is 97.0 Å². The highest BCUT2D eigenvalue weighted by atomic mass is 16.5. The fourth-order valence-corrected chi connectivity index (χ4v) is 7.36. The van der Waals surface area contributed by atoms with Gasteiger partial charge in [0.15, 0.2) is 0 Å². The highest BCUT2D eigenvalue weighted by Crippen LogP contribution is 2.59. The predicted octanol–water partition coefficient (Wildman–Crippen LogP) is 4.87. The number of aliphatic hydroxyl groups excluding tert-OH is 2. The molecular formula is C28H45NO3. The van der Waals surface area contributed by atoms with Crippen molar-refractivity contribution < 1.29 is 14.9 Å². The van der Waals surface area contributed by atoms with Crippen molar-refractivity contribution in [3.05, 3.63) is 35.5 Å². The third kappa shape index (κ3) is 4.80. The van der Waals surface area contributed by atoms with Gasteiger partial charge in [-0.25, -0.2) is 0 Å². The Bertz CT molecular complexity index is 742. The molecule has 0 bridgehead atoms. The van der Waals surface area contributed by atoms with Gasteiger partial charge >= 0.3 is 0 Å². The maximum atomic E-state index is 10.2. The average Bonchev–Trinajstić information content (AvgIpc) is 3.10. The zero-order valence-corrected chi connectivity index (χ0v) is 20.7. The number of allylic oxidation sites excluding steroid dienone is 3. The smallest absolute Gasteiger partial charge is 0.0809 e. The second-order valence-electron chi connectivity index (χ2n) is 11.6. The second kappa shape index (κ2) is 9.74. The van der Waals surface area contributed by atoms with Gasteiger partial charge in [-0.05, 0) is 87.5 Å². The van der Waals surface area contributed by atoms with Gasteiger partial charge < -0.3 is 14.9 Å². The first-order valence-corrected chi connectivity index (χ1v) is 13.0. The van der Waals surface area contributed by atoms with Crippen LogP contribution in [0.4, 0.5) is 0 Å². The molecule has 0 aromatic heterocycles. The predicted molar refractivity (Wildman–Crippen MR) is 130 cm³/mol. The Labute approximate surface area is 195 Å². The van der Waals surface area contributed by atoms with Crippen molar-refractivity contribution >= 4 is 0 Å². The number of hydrogen-bond donors (Lipinski definition) is 2. The summed E-state index contributed by atoms with van der Waals surface area (Å²) in [7, 11) is 0. The van der Waals surface area contributed by atoms with E-state index in [1.807, 2.05) is 0 Å². The Morgan fingerprint density at radius 2 is 1.91 bits per heavy atom. The quantitative estimate of drug-likeness (QED) is 0.609. The zero-order chi connectivity index (χ0) is 23.0. The van der Waals surface area contributed by atoms with E-state index in [-0.39, 0.29) is 0 Å². The van der Waals surface area contributed by atoms with Gasteiger partial charge in [-0.1, -0.05) is 43.7 Å². The van der Waals surface area contributed by atoms with E-state index >= 15 is 0 Å². The number of fused-ring (bicyclic) bond motifs is 1. The zero-order valence-electron chi connectivity index (χ0n) is 20.7. The van der Waals surface area contributed by atoms with Crippen LogP contribution in [0.1, 0.15) is 72.6 Å². The van der Waals surface area contributed by atoms with Crippen LogP contribution < -0.4 is 0 Å². The molecule has 4 fully saturated rings. The number of hydrogen-bond acceptors (Lipinski definition) is 4. The van der Waals surface area contributed by atoms with Crippen LogP contribution in [0, 0.1) is 23.2 Å². The fourth-order valence-electron chi connectivity index (χ4n) is 7.36. The molecule has 180 valence electrons. The van der Waals surface area contributed by atoms with Gasteiger partial charge in [-0.3, -0.25) is 4.90 Å². The molecule has 0 spiro atoms. The Morgan fingerprint density at radius 1 is 1.19 bits per heavy atom. The van der Waals surface area contributed by atoms with E-state index in [0.717, 1.165) is 24.6 Å². The molecule has 4 aliphatic rings. The van der Waals surface area contributed by atoms with Crippen LogP contribution in [0.5, 0.6) is 0 Å². The van der Waals surface area contributed by atoms with Crippen LogP contribution in [0.25, 0.3) is 0 Å². The lowest BCUT2D eigenvalue weighted by Crippen LogP contribution is -2.50. The monoisotopic (exact) mass is 443 g/mol. The SMILES string of the molecule is C=C1[C@H](O)CC(=C/C=C2\CCC[C@]3(C)[C@@H](C(C)CN4C[C@@H](C)OC[C@H]4C)CC[C@@H]23)C[C@H]1O. The summed E-state index contributed by atoms with van der Waals surface area (Å²) >= 11 is 0. The second-order valence-corrected chi connectivity index (χ2v) is 11.6. The van der Waals surface area contributed by atoms with E-state index in [2.05, 4.69) is 51.3 Å². The highest BCUT2D eigenvalue weighted by molar-refractivity contribution is 5.29. The lowest BCUT2D eigenvalue weighted by molar-refractivity contribution is -0.0596. The molecule has 1 saturated heterocycles. The fraction of sp³-hybridized carbons (Fsp3) is 0.786. The maximum Gasteiger partial charge on any atom is 0.0809 e. The number of aliphatic hydroxyl groups is 2. The number of nitrogens with zero attached hydrogens (tertiary/aromatic N) is 1. The summed E-state index contributed by atoms with van der Waals surface area (Å²) < 4.78 is 5.85. The standard InChI is InChI=1S/C28H45NO3/c1-18(15-29-16-20(3)32-17-19(29)2)24-10-11-25-23(7-6-12-28(24,25)5)9-8-22-13-26(30)21(4)27(31)14-22/h8-9,18-20,24-27,30-31H,4,6-7,10-17H2,1-3,5H3/b23-9+/t18?,19-,20-,24-,25+,26-,27-,28-/m1/s1. The van der Waals surface area contributed by atoms with Crippen molar-refractivity contribution in [3.63, 3.8) is 0 Å². The number of rotatable bonds is 4. The summed E-state index contributed by atoms with van der Waals surface area (Å²) in [4.78, 5) is 2.66. The first-order valence-electron chi connectivity index (χ1n) is 13.0. The third-order valence-corrected chi connectivity index (χ3v) is 9.28. The largest absolute Gasteiger partial charge is 0.388 e. The molecule has 1 heterocycles. The van der Waals surface area contributed by atoms with Crippen LogP contribution in [0.3, 0.4) is 0 Å². The number of morpholine rings is 1. The molecule has 2 N–H and O–H groups in total. The van der Waals surface area contributed by atoms with Crippen LogP contribution >= 0.6 is 0 Å². The molecule has 3 saturated carbocycles. The van der Waals surface area contributed by atoms with Gasteiger partial charge in [-0.15, -0.1) is 0 Å². The summed E-state index contributed by atoms with van der Waals surface area (Å²) in [6.45, 7) is 16.5. The van der Waals surface area contributed by atoms with Crippen molar-refractivity contribution in [1.29, 1.82) is 0 Å². The van der Waals surface area contributed by atoms with E-state index in [4.69, 9.17) is 4.74 Å². The van der Waals surface area contributed by atoms with Gasteiger partial charge in [0.1, 0.15) is 0 Å². The van der Waals surface area contributed by atoms with Gasteiger partial charge in [-0.2, -0.15) is 0 Å². The Hall–Kier alpha value is -0.940. The van der Waals surface area contributed by atoms with Gasteiger partial charge in [0.05, 0.1) is 24.9 Å². The van der Waals surface area contributed by atoms with E-state index in [0.29, 0.717) is 47.8 Å². The molecule has 4 nitrogen and oxygen atoms in total. The first-order chi connectivity index (χ1) is 15.2. The van der Waals surface area contributed by atoms with Crippen LogP contribution in [-0.2, 0) is 4.74 Å². The van der Waals surface area contributed by atoms with Crippen molar-refractivity contribution in [2.75, 3.05) is 19.7 Å². The Morgan fingerprint density at radius 3 is 2.62 bits per heavy atom. The molecule has 0 radical (unpaired) electrons. The van der Waals surface area contributed by atoms with E-state index in [1.165, 1.54) is 38.6 Å². The summed E-state index contributed by atoms with van der Waals surface area (Å²) in [6.07, 6.45) is 11.3. The molecule has 0 aromatic carbocycles. The molecule has 4 heteroatoms. The van der Waals surface area contributed by atoms with Crippen LogP contribution in [0.15, 0.2) is 35.5 Å². The molecule has 1 aliphatic heterocycles. The van der Waals surface area contributed by atoms with Crippen molar-refractivity contribution in [3.8, 4) is 0 Å². The summed E-state index contributed by atoms with van der Waals surface area (Å²) in [5, 5.41) is 20.4. The third-order valence-electron chi connectivity index (χ3n) is 9.28. The lowest BCUT2D eigenvalue weighted by atomic mass is 9.61. The number of ether oxygens (including phenoxy) is 1. The normalized spacial score (nSPS) is 43.4. The molecular weight excluding hydrogens is 398 g/mol. The summed E-state index contributed by atoms with van der Waals surface area (Å²) in [5.41, 5.74) is 3.71. The maximum absolute atomic E-state index is 10.2. The molecule has 8 atom stereocenters.